The molecule has 0 unspecified atom stereocenters. The molecule has 0 amide bonds. The lowest BCUT2D eigenvalue weighted by Crippen LogP contribution is -2.38. The first kappa shape index (κ1) is 27.4. The van der Waals surface area contributed by atoms with E-state index in [1.54, 1.807) is 12.4 Å². The van der Waals surface area contributed by atoms with E-state index >= 15 is 0 Å². The fourth-order valence-corrected chi connectivity index (χ4v) is 5.59. The Bertz CT molecular complexity index is 1720. The van der Waals surface area contributed by atoms with Crippen molar-refractivity contribution >= 4 is 33.9 Å². The Labute approximate surface area is 250 Å². The molecule has 2 atom stereocenters. The Morgan fingerprint density at radius 3 is 2.71 bits per heavy atom. The smallest absolute Gasteiger partial charge is 0.103 e. The van der Waals surface area contributed by atoms with Gasteiger partial charge in [0.1, 0.15) is 6.07 Å². The number of nitrogens with one attached hydrogen (secondary N) is 4. The van der Waals surface area contributed by atoms with Gasteiger partial charge in [-0.15, -0.1) is 17.9 Å². The van der Waals surface area contributed by atoms with Crippen molar-refractivity contribution in [2.24, 2.45) is 0 Å². The van der Waals surface area contributed by atoms with Crippen LogP contribution in [0.15, 0.2) is 78.9 Å². The SMILES string of the molecule is C#CCC[C@@H](Nc1c(C#N)cnc2c(Cl)cc(N[C@H](C3=CN(C4CC4)NN3)c3cccnc3C)cc12)c1ccccc1. The molecule has 1 fully saturated rings. The van der Waals surface area contributed by atoms with E-state index in [1.807, 2.05) is 43.3 Å². The minimum atomic E-state index is -0.236. The van der Waals surface area contributed by atoms with E-state index in [-0.39, 0.29) is 12.1 Å². The van der Waals surface area contributed by atoms with Crippen LogP contribution < -0.4 is 21.6 Å². The molecule has 3 heterocycles. The summed E-state index contributed by atoms with van der Waals surface area (Å²) in [5, 5.41) is 20.7. The molecule has 0 spiro atoms. The number of aryl methyl sites for hydroxylation is 1. The topological polar surface area (TPSA) is 101 Å². The molecule has 8 nitrogen and oxygen atoms in total. The maximum absolute atomic E-state index is 10.1. The fraction of sp³-hybridized carbons (Fsp3) is 0.242. The molecule has 210 valence electrons. The first-order valence-corrected chi connectivity index (χ1v) is 14.4. The predicted octanol–water partition coefficient (Wildman–Crippen LogP) is 6.51. The van der Waals surface area contributed by atoms with Crippen LogP contribution in [0.4, 0.5) is 11.4 Å². The number of terminal acetylenes is 1. The van der Waals surface area contributed by atoms with Gasteiger partial charge < -0.3 is 16.1 Å². The van der Waals surface area contributed by atoms with Crippen LogP contribution in [-0.2, 0) is 0 Å². The number of anilines is 2. The van der Waals surface area contributed by atoms with Crippen LogP contribution >= 0.6 is 11.6 Å². The van der Waals surface area contributed by atoms with Gasteiger partial charge in [-0.2, -0.15) is 5.26 Å². The van der Waals surface area contributed by atoms with E-state index in [1.165, 1.54) is 0 Å². The van der Waals surface area contributed by atoms with Crippen molar-refractivity contribution < 1.29 is 0 Å². The van der Waals surface area contributed by atoms with Crippen molar-refractivity contribution in [3.05, 3.63) is 106 Å². The van der Waals surface area contributed by atoms with E-state index in [0.29, 0.717) is 40.7 Å². The van der Waals surface area contributed by atoms with Gasteiger partial charge in [-0.05, 0) is 49.9 Å². The summed E-state index contributed by atoms with van der Waals surface area (Å²) in [6.07, 6.45) is 14.7. The standard InChI is InChI=1S/C33H31ClN8/c1-3-4-12-29(22-9-6-5-7-10-22)39-31-23(18-35)19-37-32-27(31)16-24(17-28(32)34)38-33(26-11-8-15-36-21(26)2)30-20-42(41-40-30)25-13-14-25/h1,5-11,15-17,19-20,25,29,33,38,40-41H,4,12-14H2,2H3,(H,37,39)/t29-,33+/m1/s1. The van der Waals surface area contributed by atoms with E-state index < -0.39 is 0 Å². The van der Waals surface area contributed by atoms with Crippen molar-refractivity contribution in [2.45, 2.75) is 50.7 Å². The van der Waals surface area contributed by atoms with E-state index in [2.05, 4.69) is 73.0 Å². The Morgan fingerprint density at radius 2 is 1.98 bits per heavy atom. The second-order valence-corrected chi connectivity index (χ2v) is 11.0. The Morgan fingerprint density at radius 1 is 1.14 bits per heavy atom. The van der Waals surface area contributed by atoms with Gasteiger partial charge in [-0.3, -0.25) is 15.0 Å². The van der Waals surface area contributed by atoms with Crippen molar-refractivity contribution in [3.63, 3.8) is 0 Å². The Kier molecular flexibility index (Phi) is 7.83. The van der Waals surface area contributed by atoms with Crippen LogP contribution in [0.5, 0.6) is 0 Å². The summed E-state index contributed by atoms with van der Waals surface area (Å²) in [4.78, 5) is 9.10. The highest BCUT2D eigenvalue weighted by Crippen LogP contribution is 2.38. The van der Waals surface area contributed by atoms with Crippen LogP contribution in [0.25, 0.3) is 10.9 Å². The van der Waals surface area contributed by atoms with Gasteiger partial charge >= 0.3 is 0 Å². The van der Waals surface area contributed by atoms with Gasteiger partial charge in [0.15, 0.2) is 0 Å². The molecule has 0 bridgehead atoms. The third-order valence-corrected chi connectivity index (χ3v) is 7.96. The Balaban J connectivity index is 1.42. The lowest BCUT2D eigenvalue weighted by atomic mass is 9.99. The van der Waals surface area contributed by atoms with E-state index in [0.717, 1.165) is 46.4 Å². The molecule has 2 aromatic heterocycles. The molecular formula is C33H31ClN8. The molecule has 0 radical (unpaired) electrons. The molecule has 1 aliphatic heterocycles. The molecule has 1 aliphatic carbocycles. The average Bonchev–Trinajstić information content (AvgIpc) is 3.75. The summed E-state index contributed by atoms with van der Waals surface area (Å²) in [5.41, 5.74) is 13.1. The van der Waals surface area contributed by atoms with Crippen LogP contribution in [-0.4, -0.2) is 21.0 Å². The fourth-order valence-electron chi connectivity index (χ4n) is 5.32. The number of rotatable bonds is 10. The quantitative estimate of drug-likeness (QED) is 0.159. The minimum Gasteiger partial charge on any atom is -0.377 e. The van der Waals surface area contributed by atoms with Gasteiger partial charge in [0.2, 0.25) is 0 Å². The number of aromatic nitrogens is 2. The van der Waals surface area contributed by atoms with Gasteiger partial charge in [-0.25, -0.2) is 0 Å². The molecule has 2 aromatic carbocycles. The first-order valence-electron chi connectivity index (χ1n) is 14.0. The molecule has 1 saturated carbocycles. The number of nitrogens with zero attached hydrogens (tertiary/aromatic N) is 4. The van der Waals surface area contributed by atoms with E-state index in [9.17, 15) is 5.26 Å². The summed E-state index contributed by atoms with van der Waals surface area (Å²) in [6, 6.07) is 20.5. The maximum atomic E-state index is 10.1. The molecule has 4 aromatic rings. The van der Waals surface area contributed by atoms with Crippen LogP contribution in [0.3, 0.4) is 0 Å². The summed E-state index contributed by atoms with van der Waals surface area (Å²) in [5.74, 6) is 2.75. The number of benzene rings is 2. The summed E-state index contributed by atoms with van der Waals surface area (Å²) in [7, 11) is 0. The van der Waals surface area contributed by atoms with Gasteiger partial charge in [0.05, 0.1) is 39.6 Å². The first-order chi connectivity index (χ1) is 20.6. The largest absolute Gasteiger partial charge is 0.377 e. The zero-order valence-corrected chi connectivity index (χ0v) is 24.0. The maximum Gasteiger partial charge on any atom is 0.103 e. The van der Waals surface area contributed by atoms with Crippen LogP contribution in [0, 0.1) is 30.6 Å². The molecule has 4 N–H and O–H groups in total. The van der Waals surface area contributed by atoms with E-state index in [4.69, 9.17) is 18.0 Å². The normalized spacial score (nSPS) is 15.7. The third-order valence-electron chi connectivity index (χ3n) is 7.67. The van der Waals surface area contributed by atoms with Crippen LogP contribution in [0.2, 0.25) is 5.02 Å². The molecular weight excluding hydrogens is 544 g/mol. The number of pyridine rings is 2. The van der Waals surface area contributed by atoms with Gasteiger partial charge in [0.25, 0.3) is 0 Å². The monoisotopic (exact) mass is 574 g/mol. The minimum absolute atomic E-state index is 0.103. The number of hydrogen-bond acceptors (Lipinski definition) is 8. The molecule has 2 aliphatic rings. The van der Waals surface area contributed by atoms with Crippen molar-refractivity contribution in [3.8, 4) is 18.4 Å². The number of hydrazine groups is 2. The number of nitriles is 1. The lowest BCUT2D eigenvalue weighted by molar-refractivity contribution is 0.260. The number of hydrogen-bond donors (Lipinski definition) is 4. The number of halogens is 1. The summed E-state index contributed by atoms with van der Waals surface area (Å²) in [6.45, 7) is 2.00. The highest BCUT2D eigenvalue weighted by Gasteiger charge is 2.32. The summed E-state index contributed by atoms with van der Waals surface area (Å²) < 4.78 is 0. The predicted molar refractivity (Wildman–Crippen MR) is 167 cm³/mol. The van der Waals surface area contributed by atoms with Crippen molar-refractivity contribution in [2.75, 3.05) is 10.6 Å². The zero-order valence-electron chi connectivity index (χ0n) is 23.2. The molecule has 0 saturated heterocycles. The second-order valence-electron chi connectivity index (χ2n) is 10.6. The molecule has 6 rings (SSSR count). The molecule has 9 heteroatoms. The van der Waals surface area contributed by atoms with Gasteiger partial charge in [0, 0.05) is 53.4 Å². The zero-order chi connectivity index (χ0) is 29.1. The lowest BCUT2D eigenvalue weighted by Gasteiger charge is -2.24. The average molecular weight is 575 g/mol. The van der Waals surface area contributed by atoms with Gasteiger partial charge in [-0.1, -0.05) is 48.0 Å². The third kappa shape index (κ3) is 5.69. The Hall–Kier alpha value is -4.76. The summed E-state index contributed by atoms with van der Waals surface area (Å²) >= 11 is 6.86. The van der Waals surface area contributed by atoms with Crippen molar-refractivity contribution in [1.29, 1.82) is 5.26 Å². The highest BCUT2D eigenvalue weighted by molar-refractivity contribution is 6.35. The van der Waals surface area contributed by atoms with Crippen LogP contribution in [0.1, 0.15) is 60.2 Å². The molecule has 42 heavy (non-hydrogen) atoms. The second kappa shape index (κ2) is 12.0. The number of fused-ring (bicyclic) bond motifs is 1. The highest BCUT2D eigenvalue weighted by atomic mass is 35.5. The van der Waals surface area contributed by atoms with Crippen molar-refractivity contribution in [1.82, 2.24) is 25.9 Å².